The largest absolute Gasteiger partial charge is 0.483 e. The van der Waals surface area contributed by atoms with E-state index in [0.29, 0.717) is 10.8 Å². The van der Waals surface area contributed by atoms with Gasteiger partial charge in [0.05, 0.1) is 4.47 Å². The van der Waals surface area contributed by atoms with E-state index in [2.05, 4.69) is 42.0 Å². The van der Waals surface area contributed by atoms with Crippen molar-refractivity contribution in [1.82, 2.24) is 10.2 Å². The summed E-state index contributed by atoms with van der Waals surface area (Å²) in [5.41, 5.74) is 1.93. The van der Waals surface area contributed by atoms with Gasteiger partial charge < -0.3 is 15.0 Å². The van der Waals surface area contributed by atoms with Crippen molar-refractivity contribution < 1.29 is 14.3 Å². The third-order valence-electron chi connectivity index (χ3n) is 5.62. The first-order valence-electron chi connectivity index (χ1n) is 11.2. The van der Waals surface area contributed by atoms with Gasteiger partial charge in [0, 0.05) is 17.6 Å². The topological polar surface area (TPSA) is 58.6 Å². The number of rotatable bonds is 9. The lowest BCUT2D eigenvalue weighted by Crippen LogP contribution is -2.50. The Morgan fingerprint density at radius 2 is 1.82 bits per heavy atom. The van der Waals surface area contributed by atoms with E-state index in [1.807, 2.05) is 50.2 Å². The normalized spacial score (nSPS) is 13.2. The molecule has 2 aromatic rings. The zero-order chi connectivity index (χ0) is 24.8. The van der Waals surface area contributed by atoms with Crippen LogP contribution in [0.1, 0.15) is 59.1 Å². The van der Waals surface area contributed by atoms with Crippen LogP contribution in [0.5, 0.6) is 5.75 Å². The van der Waals surface area contributed by atoms with Crippen molar-refractivity contribution in [3.05, 3.63) is 63.1 Å². The van der Waals surface area contributed by atoms with E-state index in [9.17, 15) is 9.59 Å². The van der Waals surface area contributed by atoms with Crippen LogP contribution in [0.4, 0.5) is 0 Å². The van der Waals surface area contributed by atoms with E-state index < -0.39 is 6.04 Å². The Morgan fingerprint density at radius 1 is 1.15 bits per heavy atom. The first kappa shape index (κ1) is 27.2. The molecule has 5 nitrogen and oxygen atoms in total. The predicted molar refractivity (Wildman–Crippen MR) is 138 cm³/mol. The quantitative estimate of drug-likeness (QED) is 0.420. The molecule has 1 N–H and O–H groups in total. The lowest BCUT2D eigenvalue weighted by Gasteiger charge is -2.30. The third-order valence-corrected chi connectivity index (χ3v) is 6.60. The van der Waals surface area contributed by atoms with Crippen LogP contribution in [-0.4, -0.2) is 35.4 Å². The van der Waals surface area contributed by atoms with Gasteiger partial charge in [-0.25, -0.2) is 0 Å². The minimum atomic E-state index is -0.682. The summed E-state index contributed by atoms with van der Waals surface area (Å²) in [6.07, 6.45) is 0.804. The summed E-state index contributed by atoms with van der Waals surface area (Å²) in [6.45, 7) is 12.1. The second-order valence-corrected chi connectivity index (χ2v) is 10.6. The Bertz CT molecular complexity index is 974. The minimum absolute atomic E-state index is 0.00103. The maximum absolute atomic E-state index is 13.2. The summed E-state index contributed by atoms with van der Waals surface area (Å²) in [5.74, 6) is 0.0692. The van der Waals surface area contributed by atoms with Crippen molar-refractivity contribution in [3.63, 3.8) is 0 Å². The fourth-order valence-corrected chi connectivity index (χ4v) is 3.85. The van der Waals surface area contributed by atoms with E-state index in [1.54, 1.807) is 13.0 Å². The lowest BCUT2D eigenvalue weighted by molar-refractivity contribution is -0.142. The van der Waals surface area contributed by atoms with Crippen molar-refractivity contribution in [2.24, 2.45) is 0 Å². The molecular formula is C26H34BrClN2O3. The molecule has 0 saturated heterocycles. The van der Waals surface area contributed by atoms with E-state index in [4.69, 9.17) is 16.3 Å². The Labute approximate surface area is 211 Å². The average molecular weight is 538 g/mol. The SMILES string of the molecule is CC[C@H](C)NC(=O)[C@@H](C)N(Cc1ccccc1Cl)C(=O)COc1ccc(C(C)(C)C)cc1Br. The van der Waals surface area contributed by atoms with Crippen LogP contribution in [0.15, 0.2) is 46.9 Å². The number of nitrogens with one attached hydrogen (secondary N) is 1. The molecule has 0 aliphatic carbocycles. The molecular weight excluding hydrogens is 504 g/mol. The molecule has 0 radical (unpaired) electrons. The van der Waals surface area contributed by atoms with E-state index in [0.717, 1.165) is 22.0 Å². The number of hydrogen-bond donors (Lipinski definition) is 1. The number of carbonyl (C=O) groups excluding carboxylic acids is 2. The molecule has 0 unspecified atom stereocenters. The van der Waals surface area contributed by atoms with Crippen molar-refractivity contribution in [2.75, 3.05) is 6.61 Å². The van der Waals surface area contributed by atoms with Crippen LogP contribution in [-0.2, 0) is 21.5 Å². The van der Waals surface area contributed by atoms with Gasteiger partial charge in [-0.15, -0.1) is 0 Å². The number of ether oxygens (including phenoxy) is 1. The maximum Gasteiger partial charge on any atom is 0.261 e. The highest BCUT2D eigenvalue weighted by Crippen LogP contribution is 2.31. The summed E-state index contributed by atoms with van der Waals surface area (Å²) < 4.78 is 6.63. The maximum atomic E-state index is 13.2. The minimum Gasteiger partial charge on any atom is -0.483 e. The lowest BCUT2D eigenvalue weighted by atomic mass is 9.87. The number of benzene rings is 2. The van der Waals surface area contributed by atoms with Gasteiger partial charge in [-0.2, -0.15) is 0 Å². The molecule has 0 saturated carbocycles. The third kappa shape index (κ3) is 7.75. The summed E-state index contributed by atoms with van der Waals surface area (Å²) >= 11 is 9.88. The van der Waals surface area contributed by atoms with Gasteiger partial charge in [-0.1, -0.05) is 63.6 Å². The fourth-order valence-electron chi connectivity index (χ4n) is 3.17. The first-order valence-corrected chi connectivity index (χ1v) is 12.4. The second kappa shape index (κ2) is 11.9. The molecule has 0 aliphatic heterocycles. The smallest absolute Gasteiger partial charge is 0.261 e. The van der Waals surface area contributed by atoms with Crippen molar-refractivity contribution >= 4 is 39.3 Å². The molecule has 0 aliphatic rings. The Morgan fingerprint density at radius 3 is 2.39 bits per heavy atom. The molecule has 0 bridgehead atoms. The number of halogens is 2. The van der Waals surface area contributed by atoms with E-state index in [-0.39, 0.29) is 36.4 Å². The predicted octanol–water partition coefficient (Wildman–Crippen LogP) is 6.11. The van der Waals surface area contributed by atoms with Crippen LogP contribution < -0.4 is 10.1 Å². The highest BCUT2D eigenvalue weighted by Gasteiger charge is 2.28. The number of carbonyl (C=O) groups is 2. The van der Waals surface area contributed by atoms with Crippen LogP contribution >= 0.6 is 27.5 Å². The monoisotopic (exact) mass is 536 g/mol. The van der Waals surface area contributed by atoms with Gasteiger partial charge in [0.15, 0.2) is 6.61 Å². The molecule has 2 amide bonds. The van der Waals surface area contributed by atoms with E-state index >= 15 is 0 Å². The molecule has 2 atom stereocenters. The summed E-state index contributed by atoms with van der Waals surface area (Å²) in [7, 11) is 0. The Hall–Kier alpha value is -2.05. The number of nitrogens with zero attached hydrogens (tertiary/aromatic N) is 1. The molecule has 180 valence electrons. The van der Waals surface area contributed by atoms with Gasteiger partial charge in [0.2, 0.25) is 5.91 Å². The molecule has 0 spiro atoms. The van der Waals surface area contributed by atoms with Gasteiger partial charge >= 0.3 is 0 Å². The van der Waals surface area contributed by atoms with Crippen LogP contribution in [0.3, 0.4) is 0 Å². The number of amides is 2. The fraction of sp³-hybridized carbons (Fsp3) is 0.462. The van der Waals surface area contributed by atoms with Crippen LogP contribution in [0, 0.1) is 0 Å². The molecule has 2 rings (SSSR count). The zero-order valence-electron chi connectivity index (χ0n) is 20.2. The van der Waals surface area contributed by atoms with Crippen molar-refractivity contribution in [3.8, 4) is 5.75 Å². The Kier molecular flexibility index (Phi) is 9.80. The summed E-state index contributed by atoms with van der Waals surface area (Å²) in [6, 6.07) is 12.5. The van der Waals surface area contributed by atoms with Gasteiger partial charge in [-0.05, 0) is 70.9 Å². The highest BCUT2D eigenvalue weighted by atomic mass is 79.9. The molecule has 0 aromatic heterocycles. The standard InChI is InChI=1S/C26H34BrClN2O3/c1-7-17(2)29-25(32)18(3)30(15-19-10-8-9-11-22(19)28)24(31)16-33-23-13-12-20(14-21(23)27)26(4,5)6/h8-14,17-18H,7,15-16H2,1-6H3,(H,29,32)/t17-,18+/m0/s1. The summed E-state index contributed by atoms with van der Waals surface area (Å²) in [4.78, 5) is 27.6. The van der Waals surface area contributed by atoms with Gasteiger partial charge in [0.1, 0.15) is 11.8 Å². The van der Waals surface area contributed by atoms with E-state index in [1.165, 1.54) is 4.90 Å². The zero-order valence-corrected chi connectivity index (χ0v) is 22.6. The molecule has 0 fully saturated rings. The van der Waals surface area contributed by atoms with Gasteiger partial charge in [-0.3, -0.25) is 9.59 Å². The Balaban J connectivity index is 2.20. The molecule has 0 heterocycles. The highest BCUT2D eigenvalue weighted by molar-refractivity contribution is 9.10. The van der Waals surface area contributed by atoms with Crippen molar-refractivity contribution in [2.45, 2.75) is 72.0 Å². The van der Waals surface area contributed by atoms with Gasteiger partial charge in [0.25, 0.3) is 5.91 Å². The number of hydrogen-bond acceptors (Lipinski definition) is 3. The molecule has 2 aromatic carbocycles. The first-order chi connectivity index (χ1) is 15.4. The molecule has 33 heavy (non-hydrogen) atoms. The van der Waals surface area contributed by atoms with Crippen LogP contribution in [0.2, 0.25) is 5.02 Å². The summed E-state index contributed by atoms with van der Waals surface area (Å²) in [5, 5.41) is 3.50. The second-order valence-electron chi connectivity index (χ2n) is 9.29. The van der Waals surface area contributed by atoms with Crippen LogP contribution in [0.25, 0.3) is 0 Å². The van der Waals surface area contributed by atoms with Crippen molar-refractivity contribution in [1.29, 1.82) is 0 Å². The molecule has 7 heteroatoms. The average Bonchev–Trinajstić information content (AvgIpc) is 2.76.